The molecule has 0 aliphatic heterocycles. The molecule has 0 saturated carbocycles. The molecular weight excluding hydrogens is 297 g/mol. The highest BCUT2D eigenvalue weighted by Gasteiger charge is 2.17. The highest BCUT2D eigenvalue weighted by Crippen LogP contribution is 2.29. The molecule has 2 rings (SSSR count). The molecule has 0 spiro atoms. The second kappa shape index (κ2) is 6.25. The molecule has 0 amide bonds. The first-order valence-electron chi connectivity index (χ1n) is 5.80. The van der Waals surface area contributed by atoms with Crippen LogP contribution >= 0.6 is 11.6 Å². The van der Waals surface area contributed by atoms with Gasteiger partial charge in [0.2, 0.25) is 0 Å². The second-order valence-corrected chi connectivity index (χ2v) is 4.43. The first-order chi connectivity index (χ1) is 10.0. The van der Waals surface area contributed by atoms with Gasteiger partial charge in [0, 0.05) is 11.1 Å². The molecular formula is C15H9ClFNO3. The van der Waals surface area contributed by atoms with Crippen LogP contribution in [0.1, 0.15) is 15.9 Å². The van der Waals surface area contributed by atoms with Crippen molar-refractivity contribution in [2.75, 3.05) is 7.11 Å². The summed E-state index contributed by atoms with van der Waals surface area (Å²) in [6.07, 6.45) is 0. The van der Waals surface area contributed by atoms with Gasteiger partial charge in [0.05, 0.1) is 24.3 Å². The summed E-state index contributed by atoms with van der Waals surface area (Å²) in [5.41, 5.74) is 0.107. The third kappa shape index (κ3) is 3.30. The van der Waals surface area contributed by atoms with Gasteiger partial charge in [-0.1, -0.05) is 11.6 Å². The fourth-order valence-corrected chi connectivity index (χ4v) is 1.79. The Kier molecular flexibility index (Phi) is 4.41. The first-order valence-corrected chi connectivity index (χ1v) is 6.18. The van der Waals surface area contributed by atoms with Crippen molar-refractivity contribution in [1.29, 1.82) is 5.26 Å². The number of nitriles is 1. The molecule has 4 nitrogen and oxygen atoms in total. The number of carbonyl (C=O) groups is 1. The van der Waals surface area contributed by atoms with Crippen LogP contribution in [0.4, 0.5) is 4.39 Å². The maximum absolute atomic E-state index is 13.6. The average molecular weight is 306 g/mol. The molecule has 0 radical (unpaired) electrons. The topological polar surface area (TPSA) is 59.3 Å². The van der Waals surface area contributed by atoms with E-state index in [4.69, 9.17) is 26.3 Å². The van der Waals surface area contributed by atoms with Crippen LogP contribution in [0.2, 0.25) is 5.02 Å². The molecule has 0 unspecified atom stereocenters. The van der Waals surface area contributed by atoms with E-state index in [-0.39, 0.29) is 22.1 Å². The molecule has 2 aromatic carbocycles. The van der Waals surface area contributed by atoms with Gasteiger partial charge in [0.25, 0.3) is 0 Å². The largest absolute Gasteiger partial charge is 0.493 e. The monoisotopic (exact) mass is 305 g/mol. The van der Waals surface area contributed by atoms with Gasteiger partial charge in [-0.05, 0) is 30.3 Å². The minimum Gasteiger partial charge on any atom is -0.493 e. The molecule has 0 bridgehead atoms. The Morgan fingerprint density at radius 2 is 2.00 bits per heavy atom. The normalized spacial score (nSPS) is 9.81. The first kappa shape index (κ1) is 14.8. The summed E-state index contributed by atoms with van der Waals surface area (Å²) in [5, 5.41) is 8.98. The van der Waals surface area contributed by atoms with Crippen molar-refractivity contribution >= 4 is 17.6 Å². The van der Waals surface area contributed by atoms with E-state index in [1.807, 2.05) is 6.07 Å². The van der Waals surface area contributed by atoms with Crippen molar-refractivity contribution in [2.24, 2.45) is 0 Å². The van der Waals surface area contributed by atoms with Crippen LogP contribution in [0.15, 0.2) is 36.4 Å². The minimum atomic E-state index is -0.882. The van der Waals surface area contributed by atoms with Crippen molar-refractivity contribution in [3.63, 3.8) is 0 Å². The average Bonchev–Trinajstić information content (AvgIpc) is 2.47. The second-order valence-electron chi connectivity index (χ2n) is 3.99. The Morgan fingerprint density at radius 3 is 2.62 bits per heavy atom. The number of ether oxygens (including phenoxy) is 2. The number of nitrogens with zero attached hydrogens (tertiary/aromatic N) is 1. The van der Waals surface area contributed by atoms with Crippen LogP contribution in [-0.2, 0) is 0 Å². The predicted octanol–water partition coefficient (Wildman–Crippen LogP) is 3.58. The lowest BCUT2D eigenvalue weighted by Crippen LogP contribution is -2.11. The zero-order chi connectivity index (χ0) is 15.4. The SMILES string of the molecule is COc1cc(C#N)ccc1OC(=O)c1ccc(Cl)cc1F. The van der Waals surface area contributed by atoms with E-state index < -0.39 is 11.8 Å². The number of hydrogen-bond donors (Lipinski definition) is 0. The molecule has 0 aliphatic rings. The molecule has 6 heteroatoms. The van der Waals surface area contributed by atoms with Gasteiger partial charge >= 0.3 is 5.97 Å². The van der Waals surface area contributed by atoms with E-state index in [1.165, 1.54) is 37.4 Å². The summed E-state index contributed by atoms with van der Waals surface area (Å²) >= 11 is 5.62. The van der Waals surface area contributed by atoms with Crippen molar-refractivity contribution in [2.45, 2.75) is 0 Å². The smallest absolute Gasteiger partial charge is 0.346 e. The summed E-state index contributed by atoms with van der Waals surface area (Å²) in [5.74, 6) is -1.36. The lowest BCUT2D eigenvalue weighted by Gasteiger charge is -2.09. The zero-order valence-corrected chi connectivity index (χ0v) is 11.6. The molecule has 0 aromatic heterocycles. The fourth-order valence-electron chi connectivity index (χ4n) is 1.63. The Morgan fingerprint density at radius 1 is 1.24 bits per heavy atom. The molecule has 0 heterocycles. The summed E-state index contributed by atoms with van der Waals surface area (Å²) < 4.78 is 23.8. The van der Waals surface area contributed by atoms with Gasteiger partial charge in [-0.25, -0.2) is 9.18 Å². The van der Waals surface area contributed by atoms with Gasteiger partial charge < -0.3 is 9.47 Å². The highest BCUT2D eigenvalue weighted by molar-refractivity contribution is 6.30. The minimum absolute atomic E-state index is 0.0934. The molecule has 0 fully saturated rings. The lowest BCUT2D eigenvalue weighted by molar-refractivity contribution is 0.0725. The van der Waals surface area contributed by atoms with Crippen LogP contribution in [-0.4, -0.2) is 13.1 Å². The maximum Gasteiger partial charge on any atom is 0.346 e. The molecule has 2 aromatic rings. The summed E-state index contributed by atoms with van der Waals surface area (Å²) in [4.78, 5) is 11.9. The van der Waals surface area contributed by atoms with Crippen molar-refractivity contribution in [3.8, 4) is 17.6 Å². The van der Waals surface area contributed by atoms with E-state index in [1.54, 1.807) is 0 Å². The van der Waals surface area contributed by atoms with Crippen molar-refractivity contribution < 1.29 is 18.7 Å². The van der Waals surface area contributed by atoms with Gasteiger partial charge in [0.15, 0.2) is 11.5 Å². The van der Waals surface area contributed by atoms with Crippen LogP contribution in [0.5, 0.6) is 11.5 Å². The van der Waals surface area contributed by atoms with Crippen molar-refractivity contribution in [3.05, 3.63) is 58.4 Å². The van der Waals surface area contributed by atoms with Gasteiger partial charge in [-0.2, -0.15) is 5.26 Å². The van der Waals surface area contributed by atoms with Crippen molar-refractivity contribution in [1.82, 2.24) is 0 Å². The summed E-state index contributed by atoms with van der Waals surface area (Å²) in [6, 6.07) is 9.86. The number of rotatable bonds is 3. The summed E-state index contributed by atoms with van der Waals surface area (Å²) in [7, 11) is 1.37. The number of benzene rings is 2. The van der Waals surface area contributed by atoms with Gasteiger partial charge in [-0.3, -0.25) is 0 Å². The molecule has 0 N–H and O–H groups in total. The third-order valence-corrected chi connectivity index (χ3v) is 2.88. The van der Waals surface area contributed by atoms with Crippen LogP contribution < -0.4 is 9.47 Å². The third-order valence-electron chi connectivity index (χ3n) is 2.65. The molecule has 106 valence electrons. The number of hydrogen-bond acceptors (Lipinski definition) is 4. The Balaban J connectivity index is 2.29. The number of carbonyl (C=O) groups excluding carboxylic acids is 1. The zero-order valence-electron chi connectivity index (χ0n) is 10.9. The Labute approximate surface area is 125 Å². The highest BCUT2D eigenvalue weighted by atomic mass is 35.5. The molecule has 0 saturated heterocycles. The quantitative estimate of drug-likeness (QED) is 0.642. The lowest BCUT2D eigenvalue weighted by atomic mass is 10.2. The number of methoxy groups -OCH3 is 1. The van der Waals surface area contributed by atoms with E-state index in [0.29, 0.717) is 5.56 Å². The van der Waals surface area contributed by atoms with E-state index >= 15 is 0 Å². The van der Waals surface area contributed by atoms with Gasteiger partial charge in [-0.15, -0.1) is 0 Å². The van der Waals surface area contributed by atoms with Crippen LogP contribution in [0.3, 0.4) is 0 Å². The Bertz CT molecular complexity index is 740. The van der Waals surface area contributed by atoms with Gasteiger partial charge in [0.1, 0.15) is 5.82 Å². The molecule has 0 atom stereocenters. The van der Waals surface area contributed by atoms with E-state index in [2.05, 4.69) is 0 Å². The Hall–Kier alpha value is -2.58. The molecule has 21 heavy (non-hydrogen) atoms. The standard InChI is InChI=1S/C15H9ClFNO3/c1-20-14-6-9(8-18)2-5-13(14)21-15(19)11-4-3-10(16)7-12(11)17/h2-7H,1H3. The van der Waals surface area contributed by atoms with E-state index in [0.717, 1.165) is 6.07 Å². The van der Waals surface area contributed by atoms with Crippen LogP contribution in [0, 0.1) is 17.1 Å². The fraction of sp³-hybridized carbons (Fsp3) is 0.0667. The van der Waals surface area contributed by atoms with Crippen LogP contribution in [0.25, 0.3) is 0 Å². The number of halogens is 2. The maximum atomic E-state index is 13.6. The summed E-state index contributed by atoms with van der Waals surface area (Å²) in [6.45, 7) is 0. The molecule has 0 aliphatic carbocycles. The number of esters is 1. The predicted molar refractivity (Wildman–Crippen MR) is 74.1 cm³/mol. The van der Waals surface area contributed by atoms with E-state index in [9.17, 15) is 9.18 Å².